The molecule has 0 bridgehead atoms. The predicted octanol–water partition coefficient (Wildman–Crippen LogP) is 2.30. The van der Waals surface area contributed by atoms with Crippen molar-refractivity contribution in [1.29, 1.82) is 0 Å². The van der Waals surface area contributed by atoms with Gasteiger partial charge < -0.3 is 15.7 Å². The fourth-order valence-electron chi connectivity index (χ4n) is 2.35. The van der Waals surface area contributed by atoms with Crippen molar-refractivity contribution in [3.05, 3.63) is 72.6 Å². The minimum atomic E-state index is -1.14. The first-order valence-corrected chi connectivity index (χ1v) is 7.84. The van der Waals surface area contributed by atoms with E-state index in [0.717, 1.165) is 11.3 Å². The molecule has 0 radical (unpaired) electrons. The van der Waals surface area contributed by atoms with Crippen LogP contribution in [-0.2, 0) is 5.60 Å². The molecule has 0 aliphatic rings. The van der Waals surface area contributed by atoms with E-state index in [2.05, 4.69) is 20.8 Å². The Hall–Kier alpha value is -3.19. The summed E-state index contributed by atoms with van der Waals surface area (Å²) in [5.74, 6) is 0. The molecule has 0 aliphatic carbocycles. The number of nitrogens with one attached hydrogen (secondary N) is 2. The Bertz CT molecular complexity index is 814. The number of urea groups is 1. The van der Waals surface area contributed by atoms with Gasteiger partial charge in [0.25, 0.3) is 0 Å². The molecule has 3 N–H and O–H groups in total. The average Bonchev–Trinajstić information content (AvgIpc) is 3.16. The van der Waals surface area contributed by atoms with Crippen LogP contribution in [0, 0.1) is 0 Å². The molecular formula is C18H19N5O2. The highest BCUT2D eigenvalue weighted by Gasteiger charge is 2.23. The SMILES string of the molecule is CC(O)(CNC(=O)Nc1ccc(-n2nccn2)cc1)c1ccccc1. The molecular weight excluding hydrogens is 318 g/mol. The van der Waals surface area contributed by atoms with Gasteiger partial charge in [-0.2, -0.15) is 15.0 Å². The van der Waals surface area contributed by atoms with Gasteiger partial charge in [-0.15, -0.1) is 0 Å². The maximum Gasteiger partial charge on any atom is 0.319 e. The number of aromatic nitrogens is 3. The summed E-state index contributed by atoms with van der Waals surface area (Å²) < 4.78 is 0. The van der Waals surface area contributed by atoms with Crippen LogP contribution >= 0.6 is 0 Å². The zero-order valence-electron chi connectivity index (χ0n) is 13.8. The smallest absolute Gasteiger partial charge is 0.319 e. The van der Waals surface area contributed by atoms with E-state index >= 15 is 0 Å². The number of aliphatic hydroxyl groups is 1. The van der Waals surface area contributed by atoms with Crippen molar-refractivity contribution in [3.8, 4) is 5.69 Å². The van der Waals surface area contributed by atoms with Gasteiger partial charge >= 0.3 is 6.03 Å². The number of anilines is 1. The second-order valence-electron chi connectivity index (χ2n) is 5.81. The molecule has 0 fully saturated rings. The topological polar surface area (TPSA) is 92.1 Å². The summed E-state index contributed by atoms with van der Waals surface area (Å²) in [6, 6.07) is 15.9. The molecule has 3 rings (SSSR count). The third-order valence-electron chi connectivity index (χ3n) is 3.76. The third-order valence-corrected chi connectivity index (χ3v) is 3.76. The van der Waals surface area contributed by atoms with Crippen LogP contribution in [0.2, 0.25) is 0 Å². The monoisotopic (exact) mass is 337 g/mol. The Labute approximate surface area is 145 Å². The first kappa shape index (κ1) is 16.7. The van der Waals surface area contributed by atoms with Gasteiger partial charge in [0, 0.05) is 5.69 Å². The van der Waals surface area contributed by atoms with E-state index in [1.54, 1.807) is 43.6 Å². The minimum absolute atomic E-state index is 0.0954. The summed E-state index contributed by atoms with van der Waals surface area (Å²) in [7, 11) is 0. The number of carbonyl (C=O) groups is 1. The van der Waals surface area contributed by atoms with Crippen LogP contribution in [0.25, 0.3) is 5.69 Å². The van der Waals surface area contributed by atoms with Crippen LogP contribution in [0.15, 0.2) is 67.0 Å². The van der Waals surface area contributed by atoms with Crippen molar-refractivity contribution >= 4 is 11.7 Å². The van der Waals surface area contributed by atoms with Crippen LogP contribution < -0.4 is 10.6 Å². The third kappa shape index (κ3) is 4.21. The van der Waals surface area contributed by atoms with Crippen molar-refractivity contribution < 1.29 is 9.90 Å². The zero-order chi connectivity index (χ0) is 17.7. The first-order valence-electron chi connectivity index (χ1n) is 7.84. The maximum absolute atomic E-state index is 12.0. The van der Waals surface area contributed by atoms with Gasteiger partial charge in [-0.05, 0) is 36.8 Å². The molecule has 1 atom stereocenters. The number of carbonyl (C=O) groups excluding carboxylic acids is 1. The number of hydrogen-bond donors (Lipinski definition) is 3. The molecule has 0 aliphatic heterocycles. The maximum atomic E-state index is 12.0. The van der Waals surface area contributed by atoms with Crippen LogP contribution in [0.3, 0.4) is 0 Å². The average molecular weight is 337 g/mol. The van der Waals surface area contributed by atoms with Gasteiger partial charge in [-0.25, -0.2) is 4.79 Å². The van der Waals surface area contributed by atoms with Crippen LogP contribution in [-0.4, -0.2) is 32.7 Å². The van der Waals surface area contributed by atoms with Gasteiger partial charge in [0.05, 0.1) is 24.6 Å². The summed E-state index contributed by atoms with van der Waals surface area (Å²) in [6.45, 7) is 1.76. The molecule has 2 aromatic carbocycles. The van der Waals surface area contributed by atoms with E-state index in [1.807, 2.05) is 30.3 Å². The number of nitrogens with zero attached hydrogens (tertiary/aromatic N) is 3. The number of amides is 2. The highest BCUT2D eigenvalue weighted by molar-refractivity contribution is 5.89. The van der Waals surface area contributed by atoms with E-state index < -0.39 is 5.60 Å². The fourth-order valence-corrected chi connectivity index (χ4v) is 2.35. The zero-order valence-corrected chi connectivity index (χ0v) is 13.8. The lowest BCUT2D eigenvalue weighted by Crippen LogP contribution is -2.40. The van der Waals surface area contributed by atoms with E-state index in [9.17, 15) is 9.90 Å². The standard InChI is InChI=1S/C18H19N5O2/c1-18(25,14-5-3-2-4-6-14)13-19-17(24)22-15-7-9-16(10-8-15)23-20-11-12-21-23/h2-12,25H,13H2,1H3,(H2,19,22,24). The molecule has 0 saturated heterocycles. The van der Waals surface area contributed by atoms with E-state index in [-0.39, 0.29) is 12.6 Å². The summed E-state index contributed by atoms with van der Waals surface area (Å²) in [5, 5.41) is 24.0. The van der Waals surface area contributed by atoms with Gasteiger partial charge in [0.1, 0.15) is 5.60 Å². The summed E-state index contributed by atoms with van der Waals surface area (Å²) in [4.78, 5) is 13.5. The van der Waals surface area contributed by atoms with Crippen molar-refractivity contribution in [1.82, 2.24) is 20.3 Å². The van der Waals surface area contributed by atoms with Crippen LogP contribution in [0.1, 0.15) is 12.5 Å². The molecule has 7 heteroatoms. The number of rotatable bonds is 5. The number of hydrogen-bond acceptors (Lipinski definition) is 4. The largest absolute Gasteiger partial charge is 0.384 e. The second kappa shape index (κ2) is 7.14. The molecule has 0 spiro atoms. The molecule has 1 unspecified atom stereocenters. The first-order chi connectivity index (χ1) is 12.0. The predicted molar refractivity (Wildman–Crippen MR) is 94.4 cm³/mol. The van der Waals surface area contributed by atoms with Crippen molar-refractivity contribution in [3.63, 3.8) is 0 Å². The molecule has 1 aromatic heterocycles. The lowest BCUT2D eigenvalue weighted by atomic mass is 9.96. The van der Waals surface area contributed by atoms with Crippen LogP contribution in [0.4, 0.5) is 10.5 Å². The Morgan fingerprint density at radius 3 is 2.36 bits per heavy atom. The Morgan fingerprint density at radius 1 is 1.08 bits per heavy atom. The molecule has 3 aromatic rings. The van der Waals surface area contributed by atoms with E-state index in [0.29, 0.717) is 5.69 Å². The molecule has 2 amide bonds. The number of benzene rings is 2. The van der Waals surface area contributed by atoms with E-state index in [4.69, 9.17) is 0 Å². The normalized spacial score (nSPS) is 13.0. The summed E-state index contributed by atoms with van der Waals surface area (Å²) in [6.07, 6.45) is 3.19. The quantitative estimate of drug-likeness (QED) is 0.666. The van der Waals surface area contributed by atoms with Gasteiger partial charge in [0.2, 0.25) is 0 Å². The van der Waals surface area contributed by atoms with Gasteiger partial charge in [-0.3, -0.25) is 0 Å². The van der Waals surface area contributed by atoms with Gasteiger partial charge in [-0.1, -0.05) is 30.3 Å². The van der Waals surface area contributed by atoms with Crippen LogP contribution in [0.5, 0.6) is 0 Å². The van der Waals surface area contributed by atoms with Crippen molar-refractivity contribution in [2.75, 3.05) is 11.9 Å². The fraction of sp³-hybridized carbons (Fsp3) is 0.167. The summed E-state index contributed by atoms with van der Waals surface area (Å²) in [5.41, 5.74) is 1.02. The molecule has 128 valence electrons. The Balaban J connectivity index is 1.56. The highest BCUT2D eigenvalue weighted by atomic mass is 16.3. The highest BCUT2D eigenvalue weighted by Crippen LogP contribution is 2.19. The lowest BCUT2D eigenvalue weighted by molar-refractivity contribution is 0.0599. The molecule has 7 nitrogen and oxygen atoms in total. The molecule has 25 heavy (non-hydrogen) atoms. The Kier molecular flexibility index (Phi) is 4.76. The second-order valence-corrected chi connectivity index (χ2v) is 5.81. The van der Waals surface area contributed by atoms with Crippen molar-refractivity contribution in [2.24, 2.45) is 0 Å². The molecule has 1 heterocycles. The van der Waals surface area contributed by atoms with Gasteiger partial charge in [0.15, 0.2) is 0 Å². The minimum Gasteiger partial charge on any atom is -0.384 e. The van der Waals surface area contributed by atoms with E-state index in [1.165, 1.54) is 4.80 Å². The molecule has 0 saturated carbocycles. The summed E-state index contributed by atoms with van der Waals surface area (Å²) >= 11 is 0. The lowest BCUT2D eigenvalue weighted by Gasteiger charge is -2.24. The Morgan fingerprint density at radius 2 is 1.72 bits per heavy atom. The van der Waals surface area contributed by atoms with Crippen molar-refractivity contribution in [2.45, 2.75) is 12.5 Å².